The van der Waals surface area contributed by atoms with Crippen LogP contribution in [0.15, 0.2) is 65.1 Å². The molecule has 0 fully saturated rings. The van der Waals surface area contributed by atoms with Crippen molar-refractivity contribution < 1.29 is 4.42 Å². The molecule has 0 unspecified atom stereocenters. The Morgan fingerprint density at radius 3 is 2.71 bits per heavy atom. The van der Waals surface area contributed by atoms with E-state index >= 15 is 0 Å². The highest BCUT2D eigenvalue weighted by Gasteiger charge is 2.24. The predicted molar refractivity (Wildman–Crippen MR) is 116 cm³/mol. The van der Waals surface area contributed by atoms with Gasteiger partial charge in [0.25, 0.3) is 0 Å². The van der Waals surface area contributed by atoms with E-state index in [2.05, 4.69) is 73.7 Å². The van der Waals surface area contributed by atoms with E-state index in [4.69, 9.17) is 4.42 Å². The van der Waals surface area contributed by atoms with E-state index in [0.29, 0.717) is 0 Å². The molecule has 4 aromatic rings. The van der Waals surface area contributed by atoms with Crippen LogP contribution in [0.25, 0.3) is 33.7 Å². The van der Waals surface area contributed by atoms with Crippen LogP contribution in [0.2, 0.25) is 0 Å². The lowest BCUT2D eigenvalue weighted by Gasteiger charge is -2.13. The topological polar surface area (TPSA) is 13.1 Å². The van der Waals surface area contributed by atoms with Gasteiger partial charge in [0.15, 0.2) is 0 Å². The number of rotatable bonds is 2. The van der Waals surface area contributed by atoms with Crippen LogP contribution in [0.1, 0.15) is 42.0 Å². The van der Waals surface area contributed by atoms with E-state index in [9.17, 15) is 0 Å². The fourth-order valence-electron chi connectivity index (χ4n) is 5.00. The van der Waals surface area contributed by atoms with Gasteiger partial charge in [0, 0.05) is 16.2 Å². The Bertz CT molecular complexity index is 1370. The molecule has 1 heterocycles. The third-order valence-electron chi connectivity index (χ3n) is 6.39. The molecule has 0 amide bonds. The molecule has 0 radical (unpaired) electrons. The molecule has 6 rings (SSSR count). The average Bonchev–Trinajstić information content (AvgIpc) is 3.31. The summed E-state index contributed by atoms with van der Waals surface area (Å²) >= 11 is 0. The maximum atomic E-state index is 6.36. The van der Waals surface area contributed by atoms with Crippen LogP contribution in [-0.2, 0) is 12.8 Å². The standard InChI is InChI=1S/C27H22O/c1-2-17-13-14-19-18(15-17)16-25-20(19)8-5-9-21(25)23-10-6-11-24-22-7-3-4-12-26(22)28-27(23)24/h3-5,7-9,11-15H,2,6,10,16H2,1H3. The van der Waals surface area contributed by atoms with Gasteiger partial charge in [-0.3, -0.25) is 0 Å². The lowest BCUT2D eigenvalue weighted by molar-refractivity contribution is 0.568. The minimum Gasteiger partial charge on any atom is -0.456 e. The van der Waals surface area contributed by atoms with Crippen LogP contribution in [0, 0.1) is 0 Å². The minimum absolute atomic E-state index is 0.992. The van der Waals surface area contributed by atoms with E-state index in [1.165, 1.54) is 49.6 Å². The van der Waals surface area contributed by atoms with Gasteiger partial charge in [-0.25, -0.2) is 0 Å². The summed E-state index contributed by atoms with van der Waals surface area (Å²) < 4.78 is 6.36. The van der Waals surface area contributed by atoms with Gasteiger partial charge in [-0.05, 0) is 65.1 Å². The molecule has 0 aliphatic heterocycles. The second-order valence-corrected chi connectivity index (χ2v) is 7.92. The third kappa shape index (κ3) is 2.19. The number of furan rings is 1. The summed E-state index contributed by atoms with van der Waals surface area (Å²) in [7, 11) is 0. The van der Waals surface area contributed by atoms with Gasteiger partial charge in [0.1, 0.15) is 11.0 Å². The van der Waals surface area contributed by atoms with Crippen LogP contribution in [0.5, 0.6) is 0 Å². The van der Waals surface area contributed by atoms with Crippen molar-refractivity contribution >= 4 is 22.6 Å². The van der Waals surface area contributed by atoms with Gasteiger partial charge < -0.3 is 4.42 Å². The monoisotopic (exact) mass is 362 g/mol. The Labute approximate surface area is 164 Å². The van der Waals surface area contributed by atoms with Crippen molar-refractivity contribution in [2.75, 3.05) is 0 Å². The van der Waals surface area contributed by atoms with Crippen molar-refractivity contribution in [1.82, 2.24) is 0 Å². The number of hydrogen-bond donors (Lipinski definition) is 0. The molecule has 3 aromatic carbocycles. The molecule has 0 N–H and O–H groups in total. The largest absolute Gasteiger partial charge is 0.456 e. The molecule has 28 heavy (non-hydrogen) atoms. The highest BCUT2D eigenvalue weighted by molar-refractivity contribution is 5.86. The van der Waals surface area contributed by atoms with Crippen molar-refractivity contribution in [3.8, 4) is 11.1 Å². The average molecular weight is 362 g/mol. The van der Waals surface area contributed by atoms with E-state index < -0.39 is 0 Å². The molecule has 136 valence electrons. The van der Waals surface area contributed by atoms with Gasteiger partial charge in [0.05, 0.1) is 0 Å². The van der Waals surface area contributed by atoms with Gasteiger partial charge >= 0.3 is 0 Å². The van der Waals surface area contributed by atoms with E-state index in [0.717, 1.165) is 36.7 Å². The normalized spacial score (nSPS) is 14.5. The summed E-state index contributed by atoms with van der Waals surface area (Å²) in [5, 5.41) is 2.51. The maximum Gasteiger partial charge on any atom is 0.138 e. The molecule has 0 atom stereocenters. The number of hydrogen-bond acceptors (Lipinski definition) is 1. The van der Waals surface area contributed by atoms with Crippen LogP contribution >= 0.6 is 0 Å². The van der Waals surface area contributed by atoms with Crippen molar-refractivity contribution in [2.45, 2.75) is 32.6 Å². The maximum absolute atomic E-state index is 6.36. The first-order chi connectivity index (χ1) is 13.8. The highest BCUT2D eigenvalue weighted by Crippen LogP contribution is 2.41. The van der Waals surface area contributed by atoms with Crippen LogP contribution in [0.3, 0.4) is 0 Å². The van der Waals surface area contributed by atoms with Gasteiger partial charge in [-0.15, -0.1) is 0 Å². The first-order valence-corrected chi connectivity index (χ1v) is 10.3. The van der Waals surface area contributed by atoms with Gasteiger partial charge in [0.2, 0.25) is 0 Å². The highest BCUT2D eigenvalue weighted by atomic mass is 16.3. The van der Waals surface area contributed by atoms with E-state index in [-0.39, 0.29) is 0 Å². The first kappa shape index (κ1) is 15.9. The molecular weight excluding hydrogens is 340 g/mol. The van der Waals surface area contributed by atoms with Crippen molar-refractivity contribution in [3.05, 3.63) is 93.6 Å². The molecule has 0 spiro atoms. The smallest absolute Gasteiger partial charge is 0.138 e. The summed E-state index contributed by atoms with van der Waals surface area (Å²) in [6, 6.07) is 22.2. The lowest BCUT2D eigenvalue weighted by Crippen LogP contribution is -2.26. The molecular formula is C27H22O. The lowest BCUT2D eigenvalue weighted by atomic mass is 9.91. The van der Waals surface area contributed by atoms with Crippen LogP contribution in [-0.4, -0.2) is 0 Å². The number of para-hydroxylation sites is 1. The van der Waals surface area contributed by atoms with Crippen molar-refractivity contribution in [1.29, 1.82) is 0 Å². The third-order valence-corrected chi connectivity index (χ3v) is 6.39. The quantitative estimate of drug-likeness (QED) is 0.413. The molecule has 0 saturated carbocycles. The Hall–Kier alpha value is -3.06. The first-order valence-electron chi connectivity index (χ1n) is 10.3. The minimum atomic E-state index is 0.992. The molecule has 1 heteroatoms. The molecule has 1 nitrogen and oxygen atoms in total. The zero-order valence-electron chi connectivity index (χ0n) is 16.1. The molecule has 2 aliphatic rings. The molecule has 2 aliphatic carbocycles. The van der Waals surface area contributed by atoms with E-state index in [1.807, 2.05) is 0 Å². The number of fused-ring (bicyclic) bond motifs is 6. The summed E-state index contributed by atoms with van der Waals surface area (Å²) in [5.41, 5.74) is 12.0. The number of benzene rings is 3. The Morgan fingerprint density at radius 2 is 1.79 bits per heavy atom. The van der Waals surface area contributed by atoms with Crippen LogP contribution in [0.4, 0.5) is 0 Å². The van der Waals surface area contributed by atoms with Crippen LogP contribution < -0.4 is 10.6 Å². The summed E-state index contributed by atoms with van der Waals surface area (Å²) in [6.45, 7) is 2.23. The zero-order valence-corrected chi connectivity index (χ0v) is 16.1. The molecule has 0 saturated heterocycles. The second kappa shape index (κ2) is 5.97. The predicted octanol–water partition coefficient (Wildman–Crippen LogP) is 5.34. The summed E-state index contributed by atoms with van der Waals surface area (Å²) in [4.78, 5) is 0. The van der Waals surface area contributed by atoms with Gasteiger partial charge in [-0.2, -0.15) is 0 Å². The fourth-order valence-corrected chi connectivity index (χ4v) is 5.00. The summed E-state index contributed by atoms with van der Waals surface area (Å²) in [5.74, 6) is 0. The second-order valence-electron chi connectivity index (χ2n) is 7.92. The molecule has 0 bridgehead atoms. The SMILES string of the molecule is CCc1ccc2c(c1)Cc1c(C3=c4oc5ccccc5c4=CCC3)cccc1-2. The Kier molecular flexibility index (Phi) is 3.40. The van der Waals surface area contributed by atoms with Gasteiger partial charge in [-0.1, -0.05) is 67.6 Å². The van der Waals surface area contributed by atoms with Crippen molar-refractivity contribution in [2.24, 2.45) is 0 Å². The number of aryl methyl sites for hydroxylation is 1. The summed E-state index contributed by atoms with van der Waals surface area (Å²) in [6.07, 6.45) is 6.57. The molecule has 1 aromatic heterocycles. The van der Waals surface area contributed by atoms with Crippen molar-refractivity contribution in [3.63, 3.8) is 0 Å². The fraction of sp³-hybridized carbons (Fsp3) is 0.185. The van der Waals surface area contributed by atoms with E-state index in [1.54, 1.807) is 0 Å². The Balaban J connectivity index is 1.62. The Morgan fingerprint density at radius 1 is 0.893 bits per heavy atom. The zero-order chi connectivity index (χ0) is 18.7.